The van der Waals surface area contributed by atoms with Gasteiger partial charge in [0, 0.05) is 22.4 Å². The summed E-state index contributed by atoms with van der Waals surface area (Å²) in [6, 6.07) is 22.4. The highest BCUT2D eigenvalue weighted by Gasteiger charge is 2.05. The number of rotatable bonds is 4. The van der Waals surface area contributed by atoms with Crippen LogP contribution in [0.3, 0.4) is 0 Å². The highest BCUT2D eigenvalue weighted by molar-refractivity contribution is 5.92. The number of pyridine rings is 1. The number of para-hydroxylation sites is 2. The van der Waals surface area contributed by atoms with Crippen molar-refractivity contribution < 1.29 is 9.47 Å². The fourth-order valence-corrected chi connectivity index (χ4v) is 2.85. The number of hydrogen-bond acceptors (Lipinski definition) is 3. The number of ether oxygens (including phenoxy) is 2. The minimum atomic E-state index is 0.0174. The van der Waals surface area contributed by atoms with Crippen LogP contribution in [-0.4, -0.2) is 18.2 Å². The summed E-state index contributed by atoms with van der Waals surface area (Å²) in [6.45, 7) is 0.561. The Morgan fingerprint density at radius 3 is 2.19 bits per heavy atom. The molecule has 0 unspecified atom stereocenters. The van der Waals surface area contributed by atoms with E-state index in [1.54, 1.807) is 12.1 Å². The molecule has 3 aromatic carbocycles. The van der Waals surface area contributed by atoms with Crippen LogP contribution in [0.25, 0.3) is 21.8 Å². The molecule has 1 heterocycles. The molecule has 132 valence electrons. The van der Waals surface area contributed by atoms with Crippen molar-refractivity contribution in [2.75, 3.05) is 13.2 Å². The van der Waals surface area contributed by atoms with Crippen molar-refractivity contribution in [2.45, 2.75) is 0 Å². The number of aromatic nitrogens is 1. The molecule has 0 saturated carbocycles. The van der Waals surface area contributed by atoms with Gasteiger partial charge in [0.1, 0.15) is 24.7 Å². The van der Waals surface area contributed by atoms with E-state index in [9.17, 15) is 4.79 Å². The summed E-state index contributed by atoms with van der Waals surface area (Å²) in [5, 5.41) is 1.33. The maximum absolute atomic E-state index is 12.6. The average Bonchev–Trinajstić information content (AvgIpc) is 2.71. The molecule has 0 aliphatic carbocycles. The Morgan fingerprint density at radius 2 is 1.37 bits per heavy atom. The zero-order valence-electron chi connectivity index (χ0n) is 14.6. The lowest BCUT2D eigenvalue weighted by atomic mass is 10.1. The molecule has 0 radical (unpaired) electrons. The van der Waals surface area contributed by atoms with Crippen LogP contribution in [0.1, 0.15) is 0 Å². The molecule has 0 bridgehead atoms. The van der Waals surface area contributed by atoms with Crippen LogP contribution >= 0.6 is 0 Å². The molecule has 0 aliphatic heterocycles. The lowest BCUT2D eigenvalue weighted by Gasteiger charge is -2.06. The van der Waals surface area contributed by atoms with Crippen molar-refractivity contribution in [3.63, 3.8) is 0 Å². The van der Waals surface area contributed by atoms with Gasteiger partial charge in [-0.2, -0.15) is 0 Å². The molecule has 0 saturated heterocycles. The lowest BCUT2D eigenvalue weighted by Crippen LogP contribution is -2.04. The van der Waals surface area contributed by atoms with Crippen molar-refractivity contribution in [1.82, 2.24) is 4.98 Å². The van der Waals surface area contributed by atoms with E-state index in [0.29, 0.717) is 23.1 Å². The third kappa shape index (κ3) is 3.78. The van der Waals surface area contributed by atoms with E-state index >= 15 is 0 Å². The van der Waals surface area contributed by atoms with Crippen molar-refractivity contribution in [1.29, 1.82) is 0 Å². The van der Waals surface area contributed by atoms with E-state index in [0.717, 1.165) is 16.8 Å². The third-order valence-corrected chi connectivity index (χ3v) is 4.17. The Bertz CT molecular complexity index is 1200. The minimum Gasteiger partial charge on any atom is -0.481 e. The van der Waals surface area contributed by atoms with Gasteiger partial charge in [-0.05, 0) is 36.4 Å². The quantitative estimate of drug-likeness (QED) is 0.442. The van der Waals surface area contributed by atoms with Gasteiger partial charge in [0.2, 0.25) is 0 Å². The minimum absolute atomic E-state index is 0.0174. The summed E-state index contributed by atoms with van der Waals surface area (Å²) in [4.78, 5) is 15.8. The van der Waals surface area contributed by atoms with Crippen LogP contribution in [0, 0.1) is 11.8 Å². The van der Waals surface area contributed by atoms with Crippen LogP contribution in [0.2, 0.25) is 0 Å². The van der Waals surface area contributed by atoms with Crippen molar-refractivity contribution in [3.8, 4) is 23.3 Å². The standard InChI is InChI=1S/C23H17NO3/c25-23-19-10-4-5-11-21(19)24-22-16-18(12-13-20(22)23)27-15-7-6-14-26-17-8-2-1-3-9-17/h1-5,8-13,16H,14-15H2,(H,24,25). The van der Waals surface area contributed by atoms with E-state index in [1.807, 2.05) is 60.7 Å². The largest absolute Gasteiger partial charge is 0.481 e. The molecule has 4 heteroatoms. The molecule has 1 aromatic heterocycles. The number of hydrogen-bond donors (Lipinski definition) is 1. The first kappa shape index (κ1) is 16.7. The second kappa shape index (κ2) is 7.67. The molecule has 0 spiro atoms. The Balaban J connectivity index is 1.43. The summed E-state index contributed by atoms with van der Waals surface area (Å²) >= 11 is 0. The molecule has 0 amide bonds. The molecule has 0 aliphatic rings. The number of fused-ring (bicyclic) bond motifs is 2. The maximum Gasteiger partial charge on any atom is 0.197 e. The summed E-state index contributed by atoms with van der Waals surface area (Å²) in [5.41, 5.74) is 1.57. The maximum atomic E-state index is 12.6. The van der Waals surface area contributed by atoms with Crippen LogP contribution in [0.15, 0.2) is 77.6 Å². The Kier molecular flexibility index (Phi) is 4.76. The highest BCUT2D eigenvalue weighted by Crippen LogP contribution is 2.20. The fourth-order valence-electron chi connectivity index (χ4n) is 2.85. The second-order valence-corrected chi connectivity index (χ2v) is 5.95. The predicted molar refractivity (Wildman–Crippen MR) is 107 cm³/mol. The number of benzene rings is 3. The van der Waals surface area contributed by atoms with Crippen molar-refractivity contribution in [2.24, 2.45) is 0 Å². The van der Waals surface area contributed by atoms with Gasteiger partial charge < -0.3 is 14.5 Å². The van der Waals surface area contributed by atoms with Gasteiger partial charge in [-0.25, -0.2) is 0 Å². The molecule has 1 N–H and O–H groups in total. The molecule has 0 atom stereocenters. The van der Waals surface area contributed by atoms with E-state index < -0.39 is 0 Å². The molecular weight excluding hydrogens is 338 g/mol. The fraction of sp³-hybridized carbons (Fsp3) is 0.0870. The van der Waals surface area contributed by atoms with Gasteiger partial charge in [0.15, 0.2) is 5.43 Å². The van der Waals surface area contributed by atoms with E-state index in [4.69, 9.17) is 9.47 Å². The Hall–Kier alpha value is -3.71. The number of aromatic amines is 1. The van der Waals surface area contributed by atoms with Gasteiger partial charge in [0.05, 0.1) is 5.52 Å². The van der Waals surface area contributed by atoms with Crippen LogP contribution in [-0.2, 0) is 0 Å². The first-order chi connectivity index (χ1) is 13.3. The van der Waals surface area contributed by atoms with E-state index in [2.05, 4.69) is 16.8 Å². The molecule has 4 aromatic rings. The van der Waals surface area contributed by atoms with Gasteiger partial charge in [-0.1, -0.05) is 42.2 Å². The molecule has 27 heavy (non-hydrogen) atoms. The van der Waals surface area contributed by atoms with E-state index in [-0.39, 0.29) is 12.0 Å². The Morgan fingerprint density at radius 1 is 0.704 bits per heavy atom. The second-order valence-electron chi connectivity index (χ2n) is 5.95. The van der Waals surface area contributed by atoms with Crippen LogP contribution < -0.4 is 14.9 Å². The van der Waals surface area contributed by atoms with Gasteiger partial charge in [0.25, 0.3) is 0 Å². The third-order valence-electron chi connectivity index (χ3n) is 4.17. The van der Waals surface area contributed by atoms with Crippen molar-refractivity contribution >= 4 is 21.8 Å². The van der Waals surface area contributed by atoms with E-state index in [1.165, 1.54) is 0 Å². The molecule has 4 nitrogen and oxygen atoms in total. The van der Waals surface area contributed by atoms with Crippen molar-refractivity contribution in [3.05, 3.63) is 83.0 Å². The Labute approximate surface area is 156 Å². The monoisotopic (exact) mass is 355 g/mol. The summed E-state index contributed by atoms with van der Waals surface area (Å²) < 4.78 is 11.2. The molecule has 4 rings (SSSR count). The van der Waals surface area contributed by atoms with Crippen LogP contribution in [0.4, 0.5) is 0 Å². The molecular formula is C23H17NO3. The molecule has 0 fully saturated rings. The van der Waals surface area contributed by atoms with Gasteiger partial charge in [-0.3, -0.25) is 4.79 Å². The first-order valence-corrected chi connectivity index (χ1v) is 8.62. The summed E-state index contributed by atoms with van der Waals surface area (Å²) in [6.07, 6.45) is 0. The summed E-state index contributed by atoms with van der Waals surface area (Å²) in [5.74, 6) is 7.29. The lowest BCUT2D eigenvalue weighted by molar-refractivity contribution is 0.362. The smallest absolute Gasteiger partial charge is 0.197 e. The van der Waals surface area contributed by atoms with Gasteiger partial charge >= 0.3 is 0 Å². The zero-order chi connectivity index (χ0) is 18.5. The summed E-state index contributed by atoms with van der Waals surface area (Å²) in [7, 11) is 0. The normalized spacial score (nSPS) is 10.4. The predicted octanol–water partition coefficient (Wildman–Crippen LogP) is 4.14. The SMILES string of the molecule is O=c1c2ccccc2[nH]c2cc(OCC#CCOc3ccccc3)ccc12. The number of H-pyrrole nitrogens is 1. The van der Waals surface area contributed by atoms with Crippen LogP contribution in [0.5, 0.6) is 11.5 Å². The zero-order valence-corrected chi connectivity index (χ0v) is 14.6. The average molecular weight is 355 g/mol. The van der Waals surface area contributed by atoms with Gasteiger partial charge in [-0.15, -0.1) is 0 Å². The topological polar surface area (TPSA) is 51.3 Å². The highest BCUT2D eigenvalue weighted by atomic mass is 16.5. The number of nitrogens with one attached hydrogen (secondary N) is 1. The first-order valence-electron chi connectivity index (χ1n) is 8.62.